The molecule has 6 heteroatoms. The summed E-state index contributed by atoms with van der Waals surface area (Å²) >= 11 is 0. The van der Waals surface area contributed by atoms with Crippen molar-refractivity contribution < 1.29 is 19.8 Å². The molecule has 1 aromatic carbocycles. The van der Waals surface area contributed by atoms with E-state index in [4.69, 9.17) is 9.57 Å². The summed E-state index contributed by atoms with van der Waals surface area (Å²) in [5.41, 5.74) is 1.46. The molecule has 2 N–H and O–H groups in total. The summed E-state index contributed by atoms with van der Waals surface area (Å²) in [6.45, 7) is 5.50. The van der Waals surface area contributed by atoms with Crippen LogP contribution < -0.4 is 4.74 Å². The van der Waals surface area contributed by atoms with Gasteiger partial charge in [0, 0.05) is 24.7 Å². The number of oxime groups is 1. The summed E-state index contributed by atoms with van der Waals surface area (Å²) in [5.74, 6) is 0.658. The monoisotopic (exact) mass is 356 g/mol. The molecule has 6 nitrogen and oxygen atoms in total. The number of likely N-dealkylation sites (tertiary alicyclic amines) is 1. The van der Waals surface area contributed by atoms with Gasteiger partial charge in [-0.15, -0.1) is 6.58 Å². The van der Waals surface area contributed by atoms with Crippen LogP contribution in [0.3, 0.4) is 0 Å². The van der Waals surface area contributed by atoms with Crippen LogP contribution >= 0.6 is 0 Å². The first-order chi connectivity index (χ1) is 12.6. The fourth-order valence-corrected chi connectivity index (χ4v) is 6.02. The number of aliphatic hydroxyl groups is 1. The minimum Gasteiger partial charge on any atom is -0.504 e. The van der Waals surface area contributed by atoms with Gasteiger partial charge in [-0.05, 0) is 37.3 Å². The maximum absolute atomic E-state index is 12.1. The van der Waals surface area contributed by atoms with Crippen molar-refractivity contribution in [1.82, 2.24) is 4.90 Å². The van der Waals surface area contributed by atoms with Crippen molar-refractivity contribution in [2.45, 2.75) is 48.8 Å². The fraction of sp³-hybridized carbons (Fsp3) is 0.550. The average molecular weight is 356 g/mol. The molecule has 5 rings (SSSR count). The van der Waals surface area contributed by atoms with Gasteiger partial charge in [0.2, 0.25) is 0 Å². The first-order valence-corrected chi connectivity index (χ1v) is 9.26. The van der Waals surface area contributed by atoms with Crippen LogP contribution in [-0.2, 0) is 16.7 Å². The molecule has 1 aromatic rings. The van der Waals surface area contributed by atoms with Crippen molar-refractivity contribution in [1.29, 1.82) is 0 Å². The summed E-state index contributed by atoms with van der Waals surface area (Å²) in [4.78, 5) is 7.40. The van der Waals surface area contributed by atoms with Crippen molar-refractivity contribution in [3.63, 3.8) is 0 Å². The largest absolute Gasteiger partial charge is 0.504 e. The van der Waals surface area contributed by atoms with E-state index in [0.717, 1.165) is 42.8 Å². The minimum atomic E-state index is -0.919. The number of hydrogen-bond donors (Lipinski definition) is 2. The van der Waals surface area contributed by atoms with Crippen molar-refractivity contribution in [2.24, 2.45) is 5.16 Å². The van der Waals surface area contributed by atoms with Crippen molar-refractivity contribution in [3.05, 3.63) is 35.9 Å². The number of aromatic hydroxyl groups is 1. The molecule has 4 aliphatic rings. The number of ether oxygens (including phenoxy) is 1. The van der Waals surface area contributed by atoms with E-state index in [-0.39, 0.29) is 11.8 Å². The number of benzene rings is 1. The Balaban J connectivity index is 1.77. The number of piperidine rings is 1. The topological polar surface area (TPSA) is 74.5 Å². The Morgan fingerprint density at radius 2 is 2.31 bits per heavy atom. The second-order valence-corrected chi connectivity index (χ2v) is 7.86. The molecular weight excluding hydrogens is 332 g/mol. The highest BCUT2D eigenvalue weighted by Gasteiger charge is 2.72. The zero-order chi connectivity index (χ0) is 18.1. The summed E-state index contributed by atoms with van der Waals surface area (Å²) in [6, 6.07) is 3.69. The quantitative estimate of drug-likeness (QED) is 0.637. The Hall–Kier alpha value is -2.05. The van der Waals surface area contributed by atoms with Gasteiger partial charge < -0.3 is 19.8 Å². The minimum absolute atomic E-state index is 0.00689. The van der Waals surface area contributed by atoms with Gasteiger partial charge in [-0.3, -0.25) is 4.90 Å². The van der Waals surface area contributed by atoms with E-state index in [1.165, 1.54) is 7.11 Å². The summed E-state index contributed by atoms with van der Waals surface area (Å²) in [7, 11) is 1.53. The lowest BCUT2D eigenvalue weighted by molar-refractivity contribution is -0.164. The van der Waals surface area contributed by atoms with Crippen LogP contribution in [0.1, 0.15) is 30.4 Å². The van der Waals surface area contributed by atoms with Crippen LogP contribution in [0.5, 0.6) is 11.5 Å². The molecule has 0 aromatic heterocycles. The number of nitrogens with zero attached hydrogens (tertiary/aromatic N) is 2. The highest BCUT2D eigenvalue weighted by atomic mass is 16.6. The zero-order valence-electron chi connectivity index (χ0n) is 14.9. The molecule has 4 unspecified atom stereocenters. The Morgan fingerprint density at radius 3 is 3.08 bits per heavy atom. The predicted octanol–water partition coefficient (Wildman–Crippen LogP) is 1.73. The van der Waals surface area contributed by atoms with E-state index in [1.54, 1.807) is 6.07 Å². The second kappa shape index (κ2) is 5.24. The third kappa shape index (κ3) is 1.67. The molecule has 2 aliphatic carbocycles. The highest BCUT2D eigenvalue weighted by Crippen LogP contribution is 2.64. The standard InChI is InChI=1S/C20H24N2O4/c1-3-9-22-10-8-19-16-12-4-5-14(23)17(16)26-18(19)13(21-25-2)6-7-20(19,24)15(22)11-12/h3-5,15,18,23-24H,1,6-11H2,2H3/b21-13+. The van der Waals surface area contributed by atoms with Crippen molar-refractivity contribution in [3.8, 4) is 11.5 Å². The molecule has 0 radical (unpaired) electrons. The smallest absolute Gasteiger partial charge is 0.166 e. The molecular formula is C20H24N2O4. The fourth-order valence-electron chi connectivity index (χ4n) is 6.02. The van der Waals surface area contributed by atoms with Crippen LogP contribution in [0, 0.1) is 0 Å². The summed E-state index contributed by atoms with van der Waals surface area (Å²) in [6.07, 6.45) is 4.26. The number of phenolic OH excluding ortho intramolecular Hbond substituents is 1. The average Bonchev–Trinajstić information content (AvgIpc) is 2.97. The first-order valence-electron chi connectivity index (χ1n) is 9.26. The SMILES string of the molecule is C=CCN1CCC23c4c5ccc(O)c4OC2/C(=N/OC)CCC3(O)C1C5. The lowest BCUT2D eigenvalue weighted by Crippen LogP contribution is -2.76. The van der Waals surface area contributed by atoms with E-state index < -0.39 is 17.1 Å². The molecule has 1 spiro atoms. The van der Waals surface area contributed by atoms with Crippen LogP contribution in [0.25, 0.3) is 0 Å². The Kier molecular flexibility index (Phi) is 3.25. The van der Waals surface area contributed by atoms with E-state index in [0.29, 0.717) is 18.6 Å². The first kappa shape index (κ1) is 16.1. The Bertz CT molecular complexity index is 822. The molecule has 2 aliphatic heterocycles. The third-order valence-corrected chi connectivity index (χ3v) is 6.96. The zero-order valence-corrected chi connectivity index (χ0v) is 14.9. The summed E-state index contributed by atoms with van der Waals surface area (Å²) < 4.78 is 6.28. The number of rotatable bonds is 3. The number of phenols is 1. The third-order valence-electron chi connectivity index (χ3n) is 6.96. The molecule has 4 atom stereocenters. The van der Waals surface area contributed by atoms with Gasteiger partial charge in [-0.25, -0.2) is 0 Å². The maximum atomic E-state index is 12.1. The van der Waals surface area contributed by atoms with E-state index in [1.807, 2.05) is 12.1 Å². The molecule has 0 amide bonds. The summed E-state index contributed by atoms with van der Waals surface area (Å²) in [5, 5.41) is 26.7. The lowest BCUT2D eigenvalue weighted by Gasteiger charge is -2.62. The van der Waals surface area contributed by atoms with Crippen molar-refractivity contribution in [2.75, 3.05) is 20.2 Å². The number of hydrogen-bond acceptors (Lipinski definition) is 6. The van der Waals surface area contributed by atoms with Crippen molar-refractivity contribution >= 4 is 5.71 Å². The molecule has 26 heavy (non-hydrogen) atoms. The predicted molar refractivity (Wildman–Crippen MR) is 96.7 cm³/mol. The van der Waals surface area contributed by atoms with Crippen LogP contribution in [0.15, 0.2) is 29.9 Å². The Labute approximate surface area is 152 Å². The maximum Gasteiger partial charge on any atom is 0.166 e. The molecule has 2 heterocycles. The van der Waals surface area contributed by atoms with E-state index in [2.05, 4.69) is 16.6 Å². The lowest BCUT2D eigenvalue weighted by atomic mass is 9.49. The van der Waals surface area contributed by atoms with Gasteiger partial charge in [-0.2, -0.15) is 0 Å². The molecule has 1 saturated heterocycles. The van der Waals surface area contributed by atoms with E-state index in [9.17, 15) is 10.2 Å². The Morgan fingerprint density at radius 1 is 1.46 bits per heavy atom. The van der Waals surface area contributed by atoms with Gasteiger partial charge in [0.1, 0.15) is 7.11 Å². The van der Waals surface area contributed by atoms with E-state index >= 15 is 0 Å². The molecule has 2 fully saturated rings. The van der Waals surface area contributed by atoms with Gasteiger partial charge >= 0.3 is 0 Å². The second-order valence-electron chi connectivity index (χ2n) is 7.86. The molecule has 138 valence electrons. The molecule has 2 bridgehead atoms. The van der Waals surface area contributed by atoms with Gasteiger partial charge in [0.25, 0.3) is 0 Å². The van der Waals surface area contributed by atoms with Crippen LogP contribution in [0.2, 0.25) is 0 Å². The molecule has 1 saturated carbocycles. The van der Waals surface area contributed by atoms with Gasteiger partial charge in [0.15, 0.2) is 17.6 Å². The normalized spacial score (nSPS) is 38.6. The highest BCUT2D eigenvalue weighted by molar-refractivity contribution is 5.94. The van der Waals surface area contributed by atoms with Gasteiger partial charge in [-0.1, -0.05) is 17.3 Å². The van der Waals surface area contributed by atoms with Gasteiger partial charge in [0.05, 0.1) is 16.7 Å². The van der Waals surface area contributed by atoms with Crippen LogP contribution in [-0.4, -0.2) is 58.8 Å². The van der Waals surface area contributed by atoms with Crippen LogP contribution in [0.4, 0.5) is 0 Å².